The molecule has 1 saturated heterocycles. The first-order valence-corrected chi connectivity index (χ1v) is 11.5. The highest BCUT2D eigenvalue weighted by Crippen LogP contribution is 2.44. The maximum Gasteiger partial charge on any atom is 0.301 e. The van der Waals surface area contributed by atoms with Gasteiger partial charge >= 0.3 is 5.91 Å². The Morgan fingerprint density at radius 1 is 1.19 bits per heavy atom. The van der Waals surface area contributed by atoms with Crippen LogP contribution < -0.4 is 9.64 Å². The lowest BCUT2D eigenvalue weighted by Crippen LogP contribution is -2.29. The van der Waals surface area contributed by atoms with Gasteiger partial charge in [-0.1, -0.05) is 17.4 Å². The number of carbonyl (C=O) groups is 2. The van der Waals surface area contributed by atoms with Crippen molar-refractivity contribution in [1.29, 1.82) is 0 Å². The Bertz CT molecular complexity index is 1580. The van der Waals surface area contributed by atoms with Gasteiger partial charge in [-0.2, -0.15) is 0 Å². The number of aryl methyl sites for hydroxylation is 1. The summed E-state index contributed by atoms with van der Waals surface area (Å²) in [6.07, 6.45) is 3.07. The van der Waals surface area contributed by atoms with Gasteiger partial charge in [0.15, 0.2) is 5.13 Å². The number of anilines is 1. The lowest BCUT2D eigenvalue weighted by Gasteiger charge is -2.22. The molecule has 1 aliphatic rings. The smallest absolute Gasteiger partial charge is 0.301 e. The summed E-state index contributed by atoms with van der Waals surface area (Å²) >= 11 is 1.04. The Balaban J connectivity index is 1.71. The van der Waals surface area contributed by atoms with Crippen LogP contribution in [0.25, 0.3) is 16.0 Å². The van der Waals surface area contributed by atoms with E-state index in [2.05, 4.69) is 9.97 Å². The van der Waals surface area contributed by atoms with E-state index in [0.29, 0.717) is 32.7 Å². The first-order valence-electron chi connectivity index (χ1n) is 10.7. The molecule has 3 heterocycles. The molecule has 1 N–H and O–H groups in total. The lowest BCUT2D eigenvalue weighted by atomic mass is 9.95. The average molecular weight is 503 g/mol. The number of methoxy groups -OCH3 is 1. The highest BCUT2D eigenvalue weighted by atomic mass is 32.1. The number of Topliss-reactive ketones (excluding diaryl/α,β-unsaturated/α-hetero) is 1. The Morgan fingerprint density at radius 3 is 2.67 bits per heavy atom. The summed E-state index contributed by atoms with van der Waals surface area (Å²) < 4.78 is 5.71. The third kappa shape index (κ3) is 3.75. The molecule has 10 nitrogen and oxygen atoms in total. The van der Waals surface area contributed by atoms with Gasteiger partial charge in [0, 0.05) is 30.1 Å². The van der Waals surface area contributed by atoms with E-state index < -0.39 is 22.7 Å². The SMILES string of the molecule is COc1ccc(/C(O)=C2\C(=O)C(=O)N(c3nc4ccc([N+](=O)[O-])cc4s3)C2c2cccnc2)c(C)c1. The number of ether oxygens (including phenoxy) is 1. The van der Waals surface area contributed by atoms with Crippen LogP contribution in [-0.2, 0) is 9.59 Å². The average Bonchev–Trinajstić information content (AvgIpc) is 3.41. The molecule has 1 amide bonds. The number of hydrogen-bond donors (Lipinski definition) is 1. The van der Waals surface area contributed by atoms with Gasteiger partial charge in [0.1, 0.15) is 11.5 Å². The van der Waals surface area contributed by atoms with Gasteiger partial charge in [-0.05, 0) is 48.4 Å². The number of aliphatic hydroxyl groups is 1. The van der Waals surface area contributed by atoms with E-state index in [0.717, 1.165) is 11.3 Å². The molecule has 1 unspecified atom stereocenters. The Labute approximate surface area is 208 Å². The van der Waals surface area contributed by atoms with Gasteiger partial charge in [-0.25, -0.2) is 4.98 Å². The predicted octanol–water partition coefficient (Wildman–Crippen LogP) is 4.54. The number of amides is 1. The predicted molar refractivity (Wildman–Crippen MR) is 133 cm³/mol. The fraction of sp³-hybridized carbons (Fsp3) is 0.120. The minimum atomic E-state index is -1.00. The zero-order valence-electron chi connectivity index (χ0n) is 19.0. The minimum Gasteiger partial charge on any atom is -0.507 e. The molecule has 5 rings (SSSR count). The number of carbonyl (C=O) groups excluding carboxylic acids is 2. The van der Waals surface area contributed by atoms with Crippen molar-refractivity contribution in [3.63, 3.8) is 0 Å². The molecule has 11 heteroatoms. The zero-order chi connectivity index (χ0) is 25.6. The van der Waals surface area contributed by atoms with Crippen LogP contribution in [0.5, 0.6) is 5.75 Å². The number of aromatic nitrogens is 2. The highest BCUT2D eigenvalue weighted by molar-refractivity contribution is 7.22. The second-order valence-corrected chi connectivity index (χ2v) is 9.05. The van der Waals surface area contributed by atoms with Crippen LogP contribution in [0.15, 0.2) is 66.5 Å². The normalized spacial score (nSPS) is 17.1. The van der Waals surface area contributed by atoms with Crippen LogP contribution in [0.2, 0.25) is 0 Å². The van der Waals surface area contributed by atoms with Crippen LogP contribution in [0.1, 0.15) is 22.7 Å². The summed E-state index contributed by atoms with van der Waals surface area (Å²) in [4.78, 5) is 47.1. The molecule has 1 aliphatic heterocycles. The number of nitro benzene ring substituents is 1. The van der Waals surface area contributed by atoms with Crippen molar-refractivity contribution >= 4 is 49.8 Å². The highest BCUT2D eigenvalue weighted by Gasteiger charge is 2.48. The van der Waals surface area contributed by atoms with Gasteiger partial charge < -0.3 is 9.84 Å². The third-order valence-corrected chi connectivity index (χ3v) is 6.93. The molecule has 1 fully saturated rings. The van der Waals surface area contributed by atoms with E-state index in [1.165, 1.54) is 36.4 Å². The number of fused-ring (bicyclic) bond motifs is 1. The van der Waals surface area contributed by atoms with Crippen LogP contribution in [-0.4, -0.2) is 38.8 Å². The summed E-state index contributed by atoms with van der Waals surface area (Å²) in [6.45, 7) is 1.76. The van der Waals surface area contributed by atoms with E-state index >= 15 is 0 Å². The number of nitrogens with zero attached hydrogens (tertiary/aromatic N) is 4. The van der Waals surface area contributed by atoms with Crippen molar-refractivity contribution in [2.24, 2.45) is 0 Å². The number of nitro groups is 1. The molecule has 1 atom stereocenters. The monoisotopic (exact) mass is 502 g/mol. The number of rotatable bonds is 5. The molecule has 180 valence electrons. The summed E-state index contributed by atoms with van der Waals surface area (Å²) in [6, 6.07) is 11.5. The topological polar surface area (TPSA) is 136 Å². The van der Waals surface area contributed by atoms with Crippen molar-refractivity contribution in [1.82, 2.24) is 9.97 Å². The number of benzene rings is 2. The van der Waals surface area contributed by atoms with Crippen molar-refractivity contribution in [3.05, 3.63) is 93.3 Å². The van der Waals surface area contributed by atoms with Crippen molar-refractivity contribution in [3.8, 4) is 5.75 Å². The van der Waals surface area contributed by atoms with Gasteiger partial charge in [-0.3, -0.25) is 29.6 Å². The Morgan fingerprint density at radius 2 is 2.00 bits per heavy atom. The first kappa shape index (κ1) is 23.1. The number of ketones is 1. The van der Waals surface area contributed by atoms with E-state index in [1.807, 2.05) is 0 Å². The number of thiazole rings is 1. The third-order valence-electron chi connectivity index (χ3n) is 5.91. The van der Waals surface area contributed by atoms with Gasteiger partial charge in [0.25, 0.3) is 11.5 Å². The fourth-order valence-electron chi connectivity index (χ4n) is 4.17. The molecule has 0 saturated carbocycles. The van der Waals surface area contributed by atoms with Crippen molar-refractivity contribution in [2.45, 2.75) is 13.0 Å². The standard InChI is InChI=1S/C25H18N4O6S/c1-13-10-16(35-2)6-7-17(13)22(30)20-21(14-4-3-9-26-12-14)28(24(32)23(20)31)25-27-18-8-5-15(29(33)34)11-19(18)36-25/h3-12,21,30H,1-2H3/b22-20+. The number of hydrogen-bond acceptors (Lipinski definition) is 9. The van der Waals surface area contributed by atoms with E-state index in [-0.39, 0.29) is 22.2 Å². The van der Waals surface area contributed by atoms with Crippen LogP contribution in [0.3, 0.4) is 0 Å². The summed E-state index contributed by atoms with van der Waals surface area (Å²) in [5.41, 5.74) is 1.75. The van der Waals surface area contributed by atoms with E-state index in [9.17, 15) is 24.8 Å². The first-order chi connectivity index (χ1) is 17.3. The molecule has 0 bridgehead atoms. The lowest BCUT2D eigenvalue weighted by molar-refractivity contribution is -0.384. The molecule has 0 radical (unpaired) electrons. The molecular weight excluding hydrogens is 484 g/mol. The van der Waals surface area contributed by atoms with E-state index in [4.69, 9.17) is 4.74 Å². The van der Waals surface area contributed by atoms with Gasteiger partial charge in [0.2, 0.25) is 0 Å². The molecule has 2 aromatic heterocycles. The fourth-order valence-corrected chi connectivity index (χ4v) is 5.20. The van der Waals surface area contributed by atoms with Gasteiger partial charge in [-0.15, -0.1) is 0 Å². The number of aliphatic hydroxyl groups excluding tert-OH is 1. The maximum absolute atomic E-state index is 13.3. The van der Waals surface area contributed by atoms with Crippen LogP contribution in [0, 0.1) is 17.0 Å². The molecule has 0 aliphatic carbocycles. The van der Waals surface area contributed by atoms with Crippen LogP contribution >= 0.6 is 11.3 Å². The van der Waals surface area contributed by atoms with Crippen molar-refractivity contribution < 1.29 is 24.4 Å². The second-order valence-electron chi connectivity index (χ2n) is 8.04. The summed E-state index contributed by atoms with van der Waals surface area (Å²) in [7, 11) is 1.52. The molecule has 2 aromatic carbocycles. The largest absolute Gasteiger partial charge is 0.507 e. The van der Waals surface area contributed by atoms with Crippen molar-refractivity contribution in [2.75, 3.05) is 12.0 Å². The quantitative estimate of drug-likeness (QED) is 0.138. The Kier molecular flexibility index (Phi) is 5.69. The summed E-state index contributed by atoms with van der Waals surface area (Å²) in [5, 5.41) is 22.7. The summed E-state index contributed by atoms with van der Waals surface area (Å²) in [5.74, 6) is -1.49. The molecule has 36 heavy (non-hydrogen) atoms. The maximum atomic E-state index is 13.3. The minimum absolute atomic E-state index is 0.105. The van der Waals surface area contributed by atoms with Crippen LogP contribution in [0.4, 0.5) is 10.8 Å². The Hall–Kier alpha value is -4.64. The zero-order valence-corrected chi connectivity index (χ0v) is 19.9. The molecule has 4 aromatic rings. The van der Waals surface area contributed by atoms with Gasteiger partial charge in [0.05, 0.1) is 33.9 Å². The second kappa shape index (κ2) is 8.86. The molecule has 0 spiro atoms. The molecular formula is C25H18N4O6S. The van der Waals surface area contributed by atoms with E-state index in [1.54, 1.807) is 43.5 Å². The number of pyridine rings is 1. The number of non-ortho nitro benzene ring substituents is 1.